The van der Waals surface area contributed by atoms with Crippen LogP contribution >= 0.6 is 0 Å². The molecule has 2 aliphatic heterocycles. The van der Waals surface area contributed by atoms with Gasteiger partial charge in [-0.1, -0.05) is 32.4 Å². The molecule has 3 fully saturated rings. The van der Waals surface area contributed by atoms with Crippen LogP contribution in [0.4, 0.5) is 18.0 Å². The quantitative estimate of drug-likeness (QED) is 0.248. The van der Waals surface area contributed by atoms with Crippen LogP contribution < -0.4 is 19.5 Å². The van der Waals surface area contributed by atoms with Crippen LogP contribution in [-0.2, 0) is 24.4 Å². The summed E-state index contributed by atoms with van der Waals surface area (Å²) in [5.74, 6) is -8.58. The average molecular weight is 850 g/mol. The Labute approximate surface area is 342 Å². The molecule has 7 atom stereocenters. The Kier molecular flexibility index (Phi) is 11.8. The van der Waals surface area contributed by atoms with Gasteiger partial charge in [-0.3, -0.25) is 24.0 Å². The highest BCUT2D eigenvalue weighted by Gasteiger charge is 2.63. The molecule has 1 aromatic heterocycles. The van der Waals surface area contributed by atoms with Crippen LogP contribution in [0.3, 0.4) is 0 Å². The lowest BCUT2D eigenvalue weighted by atomic mass is 9.81. The van der Waals surface area contributed by atoms with Crippen molar-refractivity contribution in [3.63, 3.8) is 0 Å². The van der Waals surface area contributed by atoms with Crippen molar-refractivity contribution in [2.75, 3.05) is 13.7 Å². The first-order valence-electron chi connectivity index (χ1n) is 20.0. The maximum absolute atomic E-state index is 15.4. The van der Waals surface area contributed by atoms with E-state index in [2.05, 4.69) is 15.0 Å². The number of methoxy groups -OCH3 is 1. The SMILES string of the molecule is CC[C@@H]1C[C@@H](C)CCC=C[C@@H]2C[C@@]2(C(=O)NS(=O)(=O)C2(C)CC2)NC(=O)[C@@H]2C[C@@H](Oc3nccc4cc(OC)c(F)cc34)CN2C(=O)[C@H]1N(C(=O)O)C(C)(C)C(C)(F)F. The Bertz CT molecular complexity index is 2140. The summed E-state index contributed by atoms with van der Waals surface area (Å²) in [5, 5.41) is 14.2. The molecule has 0 spiro atoms. The van der Waals surface area contributed by atoms with Crippen LogP contribution in [-0.4, -0.2) is 106 Å². The molecule has 324 valence electrons. The summed E-state index contributed by atoms with van der Waals surface area (Å²) in [7, 11) is -2.80. The number of nitrogens with one attached hydrogen (secondary N) is 2. The van der Waals surface area contributed by atoms with E-state index in [-0.39, 0.29) is 55.2 Å². The zero-order valence-electron chi connectivity index (χ0n) is 34.4. The van der Waals surface area contributed by atoms with Crippen molar-refractivity contribution in [1.82, 2.24) is 24.8 Å². The van der Waals surface area contributed by atoms with Crippen molar-refractivity contribution >= 4 is 44.6 Å². The number of carbonyl (C=O) groups is 4. The fourth-order valence-corrected chi connectivity index (χ4v) is 9.71. The number of allylic oxidation sites excluding steroid dienone is 1. The van der Waals surface area contributed by atoms with E-state index in [0.717, 1.165) is 18.7 Å². The first-order chi connectivity index (χ1) is 27.5. The second-order valence-electron chi connectivity index (χ2n) is 17.5. The summed E-state index contributed by atoms with van der Waals surface area (Å²) in [5.41, 5.74) is -4.11. The molecule has 4 amide bonds. The number of halogens is 3. The van der Waals surface area contributed by atoms with E-state index in [0.29, 0.717) is 42.9 Å². The van der Waals surface area contributed by atoms with Gasteiger partial charge in [-0.05, 0) is 94.7 Å². The highest BCUT2D eigenvalue weighted by molar-refractivity contribution is 7.91. The molecule has 0 radical (unpaired) electrons. The van der Waals surface area contributed by atoms with Gasteiger partial charge in [0, 0.05) is 30.8 Å². The molecule has 1 aromatic carbocycles. The van der Waals surface area contributed by atoms with Gasteiger partial charge in [0.15, 0.2) is 11.6 Å². The van der Waals surface area contributed by atoms with Gasteiger partial charge in [-0.25, -0.2) is 31.4 Å². The highest BCUT2D eigenvalue weighted by atomic mass is 32.2. The van der Waals surface area contributed by atoms with Crippen LogP contribution in [0.25, 0.3) is 10.8 Å². The zero-order valence-corrected chi connectivity index (χ0v) is 35.2. The molecular formula is C41H54F3N5O9S. The average Bonchev–Trinajstić information content (AvgIpc) is 4.03. The van der Waals surface area contributed by atoms with Gasteiger partial charge >= 0.3 is 6.09 Å². The van der Waals surface area contributed by atoms with Crippen LogP contribution in [0.15, 0.2) is 36.5 Å². The molecule has 2 aliphatic carbocycles. The van der Waals surface area contributed by atoms with Gasteiger partial charge in [0.25, 0.3) is 11.8 Å². The van der Waals surface area contributed by atoms with E-state index in [1.807, 2.05) is 13.0 Å². The third kappa shape index (κ3) is 8.29. The maximum Gasteiger partial charge on any atom is 0.408 e. The summed E-state index contributed by atoms with van der Waals surface area (Å²) >= 11 is 0. The Morgan fingerprint density at radius 1 is 1.17 bits per heavy atom. The summed E-state index contributed by atoms with van der Waals surface area (Å²) in [6.07, 6.45) is 4.36. The molecule has 1 saturated heterocycles. The van der Waals surface area contributed by atoms with E-state index >= 15 is 13.6 Å². The molecule has 14 nitrogen and oxygen atoms in total. The fraction of sp³-hybridized carbons (Fsp3) is 0.634. The van der Waals surface area contributed by atoms with Crippen molar-refractivity contribution in [3.8, 4) is 11.6 Å². The molecule has 2 saturated carbocycles. The van der Waals surface area contributed by atoms with Crippen molar-refractivity contribution in [3.05, 3.63) is 42.4 Å². The van der Waals surface area contributed by atoms with Crippen molar-refractivity contribution in [1.29, 1.82) is 0 Å². The van der Waals surface area contributed by atoms with E-state index in [4.69, 9.17) is 9.47 Å². The number of sulfonamides is 1. The molecule has 0 bridgehead atoms. The van der Waals surface area contributed by atoms with Gasteiger partial charge in [0.05, 0.1) is 18.4 Å². The molecule has 0 unspecified atom stereocenters. The molecule has 18 heteroatoms. The number of alkyl halides is 2. The first-order valence-corrected chi connectivity index (χ1v) is 21.5. The number of benzene rings is 1. The number of rotatable bonds is 10. The van der Waals surface area contributed by atoms with Gasteiger partial charge < -0.3 is 24.8 Å². The summed E-state index contributed by atoms with van der Waals surface area (Å²) in [6, 6.07) is 1.09. The molecule has 6 rings (SSSR count). The molecule has 3 heterocycles. The molecular weight excluding hydrogens is 796 g/mol. The lowest BCUT2D eigenvalue weighted by Crippen LogP contribution is -2.67. The Morgan fingerprint density at radius 2 is 1.86 bits per heavy atom. The van der Waals surface area contributed by atoms with E-state index in [1.54, 1.807) is 19.1 Å². The molecule has 59 heavy (non-hydrogen) atoms. The van der Waals surface area contributed by atoms with Crippen LogP contribution in [0, 0.1) is 23.6 Å². The Morgan fingerprint density at radius 3 is 2.47 bits per heavy atom. The summed E-state index contributed by atoms with van der Waals surface area (Å²) in [6.45, 7) is 7.53. The molecule has 3 N–H and O–H groups in total. The number of fused-ring (bicyclic) bond motifs is 3. The number of carbonyl (C=O) groups excluding carboxylic acids is 3. The van der Waals surface area contributed by atoms with Gasteiger partial charge in [0.1, 0.15) is 29.3 Å². The highest BCUT2D eigenvalue weighted by Crippen LogP contribution is 2.48. The topological polar surface area (TPSA) is 185 Å². The second kappa shape index (κ2) is 15.8. The second-order valence-corrected chi connectivity index (χ2v) is 19.7. The smallest absolute Gasteiger partial charge is 0.408 e. The standard InChI is InChI=1S/C41H54F3N5O9S/c1-8-24-17-23(2)11-9-10-12-26-21-41(26,36(52)47-59(55,56)39(5)14-15-39)46-33(50)30-19-27(58-34-28-20-29(42)31(57-7)18-25(28)13-16-45-34)22-48(30)35(51)32(24)49(37(53)54)38(3,4)40(6,43)44/h10,12-13,16,18,20,23-24,26-27,30,32H,8-9,11,14-15,17,19,21-22H2,1-7H3,(H,46,50)(H,47,52)(H,53,54)/t23-,24+,26+,27+,30-,32-,41+/m0/s1. The van der Waals surface area contributed by atoms with Crippen LogP contribution in [0.1, 0.15) is 92.9 Å². The van der Waals surface area contributed by atoms with Crippen molar-refractivity contribution < 1.29 is 55.3 Å². The van der Waals surface area contributed by atoms with Gasteiger partial charge in [0.2, 0.25) is 27.7 Å². The number of carboxylic acid groups (broad SMARTS) is 1. The predicted octanol–water partition coefficient (Wildman–Crippen LogP) is 5.79. The number of amides is 4. The van der Waals surface area contributed by atoms with Gasteiger partial charge in [-0.2, -0.15) is 0 Å². The number of hydrogen-bond acceptors (Lipinski definition) is 9. The minimum Gasteiger partial charge on any atom is -0.494 e. The van der Waals surface area contributed by atoms with E-state index in [9.17, 15) is 32.3 Å². The lowest BCUT2D eigenvalue weighted by Gasteiger charge is -2.47. The summed E-state index contributed by atoms with van der Waals surface area (Å²) < 4.78 is 84.8. The largest absolute Gasteiger partial charge is 0.494 e. The lowest BCUT2D eigenvalue weighted by molar-refractivity contribution is -0.157. The van der Waals surface area contributed by atoms with Crippen LogP contribution in [0.2, 0.25) is 0 Å². The molecule has 2 aromatic rings. The predicted molar refractivity (Wildman–Crippen MR) is 211 cm³/mol. The zero-order chi connectivity index (χ0) is 43.5. The Balaban J connectivity index is 1.44. The minimum absolute atomic E-state index is 0.0247. The Hall–Kier alpha value is -4.61. The third-order valence-electron chi connectivity index (χ3n) is 13.0. The fourth-order valence-electron chi connectivity index (χ4n) is 8.40. The number of pyridine rings is 1. The maximum atomic E-state index is 15.4. The van der Waals surface area contributed by atoms with E-state index < -0.39 is 91.4 Å². The normalized spacial score (nSPS) is 28.7. The number of nitrogens with zero attached hydrogens (tertiary/aromatic N) is 3. The summed E-state index contributed by atoms with van der Waals surface area (Å²) in [4.78, 5) is 62.9. The van der Waals surface area contributed by atoms with E-state index in [1.165, 1.54) is 32.4 Å². The monoisotopic (exact) mass is 849 g/mol. The van der Waals surface area contributed by atoms with Crippen molar-refractivity contribution in [2.45, 2.75) is 133 Å². The number of hydrogen-bond donors (Lipinski definition) is 3. The van der Waals surface area contributed by atoms with Crippen molar-refractivity contribution in [2.24, 2.45) is 17.8 Å². The third-order valence-corrected chi connectivity index (χ3v) is 15.2. The first kappa shape index (κ1) is 44.0. The van der Waals surface area contributed by atoms with Crippen LogP contribution in [0.5, 0.6) is 11.6 Å². The number of aromatic nitrogens is 1. The molecule has 4 aliphatic rings. The number of ether oxygens (including phenoxy) is 2. The minimum atomic E-state index is -4.12. The van der Waals surface area contributed by atoms with Gasteiger partial charge in [-0.15, -0.1) is 0 Å².